The summed E-state index contributed by atoms with van der Waals surface area (Å²) in [6.07, 6.45) is 0. The van der Waals surface area contributed by atoms with Crippen LogP contribution in [-0.4, -0.2) is 9.97 Å². The van der Waals surface area contributed by atoms with Gasteiger partial charge in [0.2, 0.25) is 11.2 Å². The van der Waals surface area contributed by atoms with Crippen LogP contribution in [0.15, 0.2) is 18.2 Å². The smallest absolute Gasteiger partial charge is 0.247 e. The summed E-state index contributed by atoms with van der Waals surface area (Å²) in [5.74, 6) is 0.596. The number of aryl methyl sites for hydroxylation is 1. The molecule has 2 N–H and O–H groups in total. The molecule has 0 bridgehead atoms. The van der Waals surface area contributed by atoms with E-state index in [0.29, 0.717) is 27.2 Å². The lowest BCUT2D eigenvalue weighted by Gasteiger charge is -2.09. The number of hydrogen-bond donors (Lipinski definition) is 1. The van der Waals surface area contributed by atoms with E-state index < -0.39 is 0 Å². The Morgan fingerprint density at radius 1 is 1.06 bits per heavy atom. The third kappa shape index (κ3) is 2.96. The van der Waals surface area contributed by atoms with Crippen molar-refractivity contribution in [3.8, 4) is 11.6 Å². The fourth-order valence-corrected chi connectivity index (χ4v) is 2.01. The zero-order valence-electron chi connectivity index (χ0n) is 9.25. The van der Waals surface area contributed by atoms with E-state index in [1.165, 1.54) is 0 Å². The minimum atomic E-state index is 0.0600. The number of hydrogen-bond acceptors (Lipinski definition) is 4. The second kappa shape index (κ2) is 5.18. The molecule has 0 amide bonds. The van der Waals surface area contributed by atoms with Crippen LogP contribution in [-0.2, 0) is 0 Å². The Hall–Kier alpha value is -1.23. The minimum Gasteiger partial charge on any atom is -0.437 e. The maximum Gasteiger partial charge on any atom is 0.247 e. The first-order valence-electron chi connectivity index (χ1n) is 4.89. The molecule has 94 valence electrons. The van der Waals surface area contributed by atoms with Crippen molar-refractivity contribution < 1.29 is 4.74 Å². The van der Waals surface area contributed by atoms with Crippen LogP contribution in [0.1, 0.15) is 5.69 Å². The molecule has 0 spiro atoms. The first-order valence-corrected chi connectivity index (χ1v) is 6.02. The van der Waals surface area contributed by atoms with Crippen molar-refractivity contribution in [2.45, 2.75) is 6.92 Å². The highest BCUT2D eigenvalue weighted by atomic mass is 35.5. The Balaban J connectivity index is 2.39. The van der Waals surface area contributed by atoms with Crippen LogP contribution in [0.3, 0.4) is 0 Å². The molecule has 0 aliphatic carbocycles. The maximum absolute atomic E-state index is 5.86. The number of benzene rings is 1. The van der Waals surface area contributed by atoms with Crippen molar-refractivity contribution in [3.63, 3.8) is 0 Å². The molecule has 0 saturated carbocycles. The summed E-state index contributed by atoms with van der Waals surface area (Å²) in [4.78, 5) is 7.82. The molecule has 0 atom stereocenters. The maximum atomic E-state index is 5.86. The van der Waals surface area contributed by atoms with Gasteiger partial charge in [-0.2, -0.15) is 4.98 Å². The molecule has 0 saturated heterocycles. The van der Waals surface area contributed by atoms with Crippen LogP contribution in [0.25, 0.3) is 0 Å². The number of anilines is 1. The number of halogens is 3. The second-order valence-corrected chi connectivity index (χ2v) is 4.72. The van der Waals surface area contributed by atoms with E-state index in [1.54, 1.807) is 25.1 Å². The molecule has 0 radical (unpaired) electrons. The zero-order valence-corrected chi connectivity index (χ0v) is 11.5. The van der Waals surface area contributed by atoms with Crippen molar-refractivity contribution in [2.24, 2.45) is 0 Å². The lowest BCUT2D eigenvalue weighted by Crippen LogP contribution is -2.00. The first-order chi connectivity index (χ1) is 8.45. The largest absolute Gasteiger partial charge is 0.437 e. The van der Waals surface area contributed by atoms with Gasteiger partial charge in [0.25, 0.3) is 0 Å². The molecule has 7 heteroatoms. The van der Waals surface area contributed by atoms with E-state index in [0.717, 1.165) is 0 Å². The summed E-state index contributed by atoms with van der Waals surface area (Å²) in [6.45, 7) is 1.71. The fourth-order valence-electron chi connectivity index (χ4n) is 1.30. The normalized spacial score (nSPS) is 10.4. The second-order valence-electron chi connectivity index (χ2n) is 3.50. The Kier molecular flexibility index (Phi) is 3.80. The molecule has 18 heavy (non-hydrogen) atoms. The van der Waals surface area contributed by atoms with E-state index in [1.807, 2.05) is 0 Å². The van der Waals surface area contributed by atoms with Crippen molar-refractivity contribution in [2.75, 3.05) is 5.73 Å². The van der Waals surface area contributed by atoms with Crippen LogP contribution in [0.2, 0.25) is 15.3 Å². The Morgan fingerprint density at radius 3 is 2.28 bits per heavy atom. The fraction of sp³-hybridized carbons (Fsp3) is 0.0909. The molecule has 0 unspecified atom stereocenters. The highest BCUT2D eigenvalue weighted by molar-refractivity contribution is 6.34. The third-order valence-electron chi connectivity index (χ3n) is 2.12. The van der Waals surface area contributed by atoms with Gasteiger partial charge in [-0.1, -0.05) is 23.2 Å². The SMILES string of the molecule is Cc1nc(Cl)nc(Oc2cc(Cl)cc(Cl)c2)c1N. The van der Waals surface area contributed by atoms with Gasteiger partial charge in [-0.25, -0.2) is 4.98 Å². The number of nitrogen functional groups attached to an aromatic ring is 1. The third-order valence-corrected chi connectivity index (χ3v) is 2.73. The highest BCUT2D eigenvalue weighted by Gasteiger charge is 2.10. The molecular formula is C11H8Cl3N3O. The monoisotopic (exact) mass is 303 g/mol. The number of nitrogens with two attached hydrogens (primary N) is 1. The molecule has 4 nitrogen and oxygen atoms in total. The van der Waals surface area contributed by atoms with Crippen LogP contribution in [0.4, 0.5) is 5.69 Å². The summed E-state index contributed by atoms with van der Waals surface area (Å²) in [6, 6.07) is 4.79. The lowest BCUT2D eigenvalue weighted by molar-refractivity contribution is 0.464. The lowest BCUT2D eigenvalue weighted by atomic mass is 10.3. The molecule has 2 aromatic rings. The summed E-state index contributed by atoms with van der Waals surface area (Å²) >= 11 is 17.5. The van der Waals surface area contributed by atoms with Crippen molar-refractivity contribution >= 4 is 40.5 Å². The Morgan fingerprint density at radius 2 is 1.67 bits per heavy atom. The number of rotatable bonds is 2. The predicted octanol–water partition coefficient (Wildman–Crippen LogP) is 4.12. The van der Waals surface area contributed by atoms with Gasteiger partial charge in [0.1, 0.15) is 11.4 Å². The van der Waals surface area contributed by atoms with Crippen LogP contribution in [0.5, 0.6) is 11.6 Å². The van der Waals surface area contributed by atoms with Gasteiger partial charge >= 0.3 is 0 Å². The van der Waals surface area contributed by atoms with Gasteiger partial charge < -0.3 is 10.5 Å². The number of nitrogens with zero attached hydrogens (tertiary/aromatic N) is 2. The Bertz CT molecular complexity index is 584. The summed E-state index contributed by atoms with van der Waals surface area (Å²) in [7, 11) is 0. The van der Waals surface area contributed by atoms with E-state index in [4.69, 9.17) is 45.3 Å². The topological polar surface area (TPSA) is 61.0 Å². The number of aromatic nitrogens is 2. The average Bonchev–Trinajstić information content (AvgIpc) is 2.23. The molecule has 1 heterocycles. The van der Waals surface area contributed by atoms with Gasteiger partial charge in [0.05, 0.1) is 5.69 Å². The highest BCUT2D eigenvalue weighted by Crippen LogP contribution is 2.31. The first kappa shape index (κ1) is 13.2. The van der Waals surface area contributed by atoms with Crippen LogP contribution >= 0.6 is 34.8 Å². The number of ether oxygens (including phenoxy) is 1. The van der Waals surface area contributed by atoms with E-state index >= 15 is 0 Å². The molecule has 0 aliphatic rings. The predicted molar refractivity (Wildman–Crippen MR) is 72.7 cm³/mol. The van der Waals surface area contributed by atoms with Gasteiger partial charge in [0, 0.05) is 10.0 Å². The van der Waals surface area contributed by atoms with Gasteiger partial charge in [-0.15, -0.1) is 0 Å². The van der Waals surface area contributed by atoms with E-state index in [9.17, 15) is 0 Å². The van der Waals surface area contributed by atoms with Crippen LogP contribution in [0, 0.1) is 6.92 Å². The standard InChI is InChI=1S/C11H8Cl3N3O/c1-5-9(15)10(17-11(14)16-5)18-8-3-6(12)2-7(13)4-8/h2-4H,15H2,1H3. The molecule has 1 aromatic heterocycles. The Labute approximate surface area is 119 Å². The molecule has 0 fully saturated rings. The van der Waals surface area contributed by atoms with Crippen molar-refractivity contribution in [1.82, 2.24) is 9.97 Å². The summed E-state index contributed by atoms with van der Waals surface area (Å²) < 4.78 is 5.50. The van der Waals surface area contributed by atoms with Gasteiger partial charge in [0.15, 0.2) is 0 Å². The average molecular weight is 305 g/mol. The zero-order chi connectivity index (χ0) is 13.3. The molecule has 2 rings (SSSR count). The minimum absolute atomic E-state index is 0.0600. The molecule has 1 aromatic carbocycles. The van der Waals surface area contributed by atoms with Crippen molar-refractivity contribution in [1.29, 1.82) is 0 Å². The van der Waals surface area contributed by atoms with Gasteiger partial charge in [-0.3, -0.25) is 0 Å². The molecular weight excluding hydrogens is 297 g/mol. The summed E-state index contributed by atoms with van der Waals surface area (Å²) in [5, 5.41) is 0.964. The van der Waals surface area contributed by atoms with Gasteiger partial charge in [-0.05, 0) is 36.7 Å². The van der Waals surface area contributed by atoms with E-state index in [-0.39, 0.29) is 11.2 Å². The molecule has 0 aliphatic heterocycles. The summed E-state index contributed by atoms with van der Waals surface area (Å²) in [5.41, 5.74) is 6.66. The quantitative estimate of drug-likeness (QED) is 0.848. The van der Waals surface area contributed by atoms with E-state index in [2.05, 4.69) is 9.97 Å². The van der Waals surface area contributed by atoms with Crippen molar-refractivity contribution in [3.05, 3.63) is 39.2 Å². The van der Waals surface area contributed by atoms with Crippen LogP contribution < -0.4 is 10.5 Å².